The molecule has 1 saturated heterocycles. The van der Waals surface area contributed by atoms with Crippen LogP contribution in [0.4, 0.5) is 18.0 Å². The van der Waals surface area contributed by atoms with E-state index in [1.807, 2.05) is 32.1 Å². The summed E-state index contributed by atoms with van der Waals surface area (Å²) in [4.78, 5) is 61.5. The number of ether oxygens (including phenoxy) is 3. The number of rotatable bonds is 10. The molecule has 8 unspecified atom stereocenters. The minimum atomic E-state index is -4.85. The third kappa shape index (κ3) is 9.58. The lowest BCUT2D eigenvalue weighted by Crippen LogP contribution is -2.59. The maximum atomic E-state index is 14.7. The van der Waals surface area contributed by atoms with Crippen molar-refractivity contribution in [1.82, 2.24) is 25.2 Å². The summed E-state index contributed by atoms with van der Waals surface area (Å²) < 4.78 is 84.8. The molecule has 18 heteroatoms. The molecule has 0 bridgehead atoms. The first-order chi connectivity index (χ1) is 26.9. The van der Waals surface area contributed by atoms with Crippen LogP contribution < -0.4 is 24.8 Å². The Morgan fingerprint density at radius 1 is 1.11 bits per heavy atom. The van der Waals surface area contributed by atoms with E-state index in [1.165, 1.54) is 11.1 Å². The first kappa shape index (κ1) is 42.0. The molecule has 14 nitrogen and oxygen atoms in total. The summed E-state index contributed by atoms with van der Waals surface area (Å²) in [6.07, 6.45) is -1.29. The van der Waals surface area contributed by atoms with Gasteiger partial charge >= 0.3 is 12.3 Å². The monoisotopic (exact) mass is 821 g/mol. The number of hydrogen-bond acceptors (Lipinski definition) is 10. The summed E-state index contributed by atoms with van der Waals surface area (Å²) in [6, 6.07) is 4.53. The predicted molar refractivity (Wildman–Crippen MR) is 201 cm³/mol. The average molecular weight is 822 g/mol. The quantitative estimate of drug-likeness (QED) is 0.279. The Morgan fingerprint density at radius 3 is 2.51 bits per heavy atom. The third-order valence-corrected chi connectivity index (χ3v) is 12.9. The number of nitrogens with zero attached hydrogens (tertiary/aromatic N) is 2. The second-order valence-corrected chi connectivity index (χ2v) is 17.7. The van der Waals surface area contributed by atoms with Gasteiger partial charge in [-0.15, -0.1) is 0 Å². The van der Waals surface area contributed by atoms with Gasteiger partial charge in [-0.3, -0.25) is 19.1 Å². The zero-order valence-electron chi connectivity index (χ0n) is 32.3. The molecule has 2 aliphatic carbocycles. The molecule has 3 fully saturated rings. The molecule has 2 saturated carbocycles. The summed E-state index contributed by atoms with van der Waals surface area (Å²) in [7, 11) is -3.97. The van der Waals surface area contributed by atoms with Crippen LogP contribution in [0.15, 0.2) is 42.6 Å². The van der Waals surface area contributed by atoms with Crippen LogP contribution >= 0.6 is 0 Å². The maximum absolute atomic E-state index is 14.7. The average Bonchev–Trinajstić information content (AvgIpc) is 4.08. The maximum Gasteiger partial charge on any atom is 0.425 e. The highest BCUT2D eigenvalue weighted by Gasteiger charge is 2.62. The molecule has 6 rings (SSSR count). The van der Waals surface area contributed by atoms with Crippen LogP contribution in [0.3, 0.4) is 0 Å². The number of amides is 4. The smallest absolute Gasteiger partial charge is 0.425 e. The van der Waals surface area contributed by atoms with Gasteiger partial charge in [0.05, 0.1) is 24.6 Å². The molecule has 0 spiro atoms. The Labute approximate surface area is 329 Å². The fourth-order valence-corrected chi connectivity index (χ4v) is 8.97. The highest BCUT2D eigenvalue weighted by Crippen LogP contribution is 2.46. The molecule has 57 heavy (non-hydrogen) atoms. The summed E-state index contributed by atoms with van der Waals surface area (Å²) in [5, 5.41) is 5.78. The standard InChI is InChI=1S/C39H50F3N5O9S/c1-5-16-54-31-20-43-34(29-13-9-8-12-28(29)31)56-26-18-30-33(48)45-38(36(50)46-57(52,53)27-14-15-27)19-25(38)11-7-6-10-22(2)17-23(3)32(35(49)47(30)21-26)44-37(51)55-24(4)39(40,41)42/h7-9,11-13,20,22-27,30,32H,5-6,10,14-19,21H2,1-4H3,(H,44,51)(H,45,48)(H,46,50). The molecule has 3 heterocycles. The summed E-state index contributed by atoms with van der Waals surface area (Å²) in [6.45, 7) is 6.53. The van der Waals surface area contributed by atoms with Gasteiger partial charge in [-0.05, 0) is 69.8 Å². The van der Waals surface area contributed by atoms with Crippen LogP contribution in [0.1, 0.15) is 79.1 Å². The van der Waals surface area contributed by atoms with Crippen molar-refractivity contribution < 1.29 is 55.0 Å². The van der Waals surface area contributed by atoms with Gasteiger partial charge in [-0.1, -0.05) is 51.1 Å². The second-order valence-electron chi connectivity index (χ2n) is 15.8. The van der Waals surface area contributed by atoms with Crippen molar-refractivity contribution in [1.29, 1.82) is 0 Å². The molecular formula is C39H50F3N5O9S. The second kappa shape index (κ2) is 16.7. The van der Waals surface area contributed by atoms with Gasteiger partial charge in [-0.25, -0.2) is 18.2 Å². The molecule has 4 aliphatic rings. The van der Waals surface area contributed by atoms with Crippen molar-refractivity contribution in [2.24, 2.45) is 17.8 Å². The van der Waals surface area contributed by atoms with E-state index >= 15 is 0 Å². The van der Waals surface area contributed by atoms with E-state index < -0.39 is 86.9 Å². The Hall–Kier alpha value is -4.61. The molecule has 0 radical (unpaired) electrons. The number of alkyl carbamates (subject to hydrolysis) is 1. The molecule has 2 aromatic rings. The van der Waals surface area contributed by atoms with Crippen LogP contribution in [0.5, 0.6) is 11.6 Å². The number of allylic oxidation sites excluding steroid dienone is 1. The number of fused-ring (bicyclic) bond motifs is 3. The van der Waals surface area contributed by atoms with E-state index in [4.69, 9.17) is 9.47 Å². The zero-order chi connectivity index (χ0) is 41.3. The van der Waals surface area contributed by atoms with E-state index in [-0.39, 0.29) is 31.2 Å². The number of alkyl halides is 3. The van der Waals surface area contributed by atoms with Gasteiger partial charge < -0.3 is 29.7 Å². The third-order valence-electron chi connectivity index (χ3n) is 11.1. The van der Waals surface area contributed by atoms with Gasteiger partial charge in [0.2, 0.25) is 27.7 Å². The zero-order valence-corrected chi connectivity index (χ0v) is 33.2. The lowest BCUT2D eigenvalue weighted by Gasteiger charge is -2.33. The number of aromatic nitrogens is 1. The van der Waals surface area contributed by atoms with Crippen LogP contribution in [0, 0.1) is 17.8 Å². The van der Waals surface area contributed by atoms with Crippen molar-refractivity contribution in [3.63, 3.8) is 0 Å². The van der Waals surface area contributed by atoms with Crippen molar-refractivity contribution in [3.05, 3.63) is 42.6 Å². The van der Waals surface area contributed by atoms with Gasteiger partial charge in [-0.2, -0.15) is 13.2 Å². The van der Waals surface area contributed by atoms with Crippen molar-refractivity contribution in [2.45, 2.75) is 120 Å². The minimum Gasteiger partial charge on any atom is -0.491 e. The van der Waals surface area contributed by atoms with Crippen LogP contribution in [0.2, 0.25) is 0 Å². The SMILES string of the molecule is CCCOc1cnc(OC2CC3C(=O)NC4(C(=O)NS(=O)(=O)C5CC5)CC4C=CCCC(C)CC(C)C(NC(=O)OC(C)C(F)(F)F)C(=O)N3C2)c2ccccc12. The predicted octanol–water partition coefficient (Wildman–Crippen LogP) is 4.91. The highest BCUT2D eigenvalue weighted by molar-refractivity contribution is 7.91. The van der Waals surface area contributed by atoms with E-state index in [1.54, 1.807) is 25.1 Å². The van der Waals surface area contributed by atoms with E-state index in [9.17, 15) is 40.8 Å². The number of carbonyl (C=O) groups is 4. The number of hydrogen-bond donors (Lipinski definition) is 3. The molecule has 3 N–H and O–H groups in total. The highest BCUT2D eigenvalue weighted by atomic mass is 32.2. The minimum absolute atomic E-state index is 0.0261. The number of benzene rings is 1. The Bertz CT molecular complexity index is 1990. The summed E-state index contributed by atoms with van der Waals surface area (Å²) in [5.41, 5.74) is -1.62. The normalized spacial score (nSPS) is 28.9. The molecule has 1 aromatic carbocycles. The van der Waals surface area contributed by atoms with Gasteiger partial charge in [0, 0.05) is 23.1 Å². The molecule has 312 valence electrons. The fourth-order valence-electron chi connectivity index (χ4n) is 7.61. The van der Waals surface area contributed by atoms with E-state index in [0.29, 0.717) is 56.8 Å². The van der Waals surface area contributed by atoms with Gasteiger partial charge in [0.1, 0.15) is 29.5 Å². The summed E-state index contributed by atoms with van der Waals surface area (Å²) >= 11 is 0. The number of nitrogens with one attached hydrogen (secondary N) is 3. The lowest BCUT2D eigenvalue weighted by atomic mass is 9.88. The van der Waals surface area contributed by atoms with Gasteiger partial charge in [0.15, 0.2) is 6.10 Å². The van der Waals surface area contributed by atoms with Crippen molar-refractivity contribution in [3.8, 4) is 11.6 Å². The molecule has 1 aromatic heterocycles. The first-order valence-corrected chi connectivity index (χ1v) is 21.0. The first-order valence-electron chi connectivity index (χ1n) is 19.5. The van der Waals surface area contributed by atoms with Crippen molar-refractivity contribution in [2.75, 3.05) is 13.2 Å². The number of sulfonamides is 1. The van der Waals surface area contributed by atoms with E-state index in [2.05, 4.69) is 25.1 Å². The molecule has 2 aliphatic heterocycles. The van der Waals surface area contributed by atoms with Crippen LogP contribution in [-0.4, -0.2) is 96.5 Å². The molecule has 8 atom stereocenters. The Balaban J connectivity index is 1.34. The topological polar surface area (TPSA) is 182 Å². The van der Waals surface area contributed by atoms with Crippen molar-refractivity contribution >= 4 is 44.6 Å². The van der Waals surface area contributed by atoms with E-state index in [0.717, 1.165) is 11.8 Å². The largest absolute Gasteiger partial charge is 0.491 e. The number of pyridine rings is 1. The Morgan fingerprint density at radius 2 is 1.82 bits per heavy atom. The number of carbonyl (C=O) groups excluding carboxylic acids is 4. The van der Waals surface area contributed by atoms with Gasteiger partial charge in [0.25, 0.3) is 5.91 Å². The number of halogens is 3. The van der Waals surface area contributed by atoms with Crippen LogP contribution in [-0.2, 0) is 29.1 Å². The Kier molecular flexibility index (Phi) is 12.3. The van der Waals surface area contributed by atoms with Crippen LogP contribution in [0.25, 0.3) is 10.8 Å². The molecular weight excluding hydrogens is 772 g/mol. The summed E-state index contributed by atoms with van der Waals surface area (Å²) in [5.74, 6) is -2.86. The fraction of sp³-hybridized carbons (Fsp3) is 0.615. The lowest BCUT2D eigenvalue weighted by molar-refractivity contribution is -0.197. The molecule has 4 amide bonds.